The number of benzene rings is 1. The molecule has 1 aromatic heterocycles. The van der Waals surface area contributed by atoms with Crippen molar-refractivity contribution >= 4 is 22.9 Å². The molecule has 3 atom stereocenters. The van der Waals surface area contributed by atoms with Gasteiger partial charge in [0.1, 0.15) is 6.04 Å². The van der Waals surface area contributed by atoms with E-state index in [0.29, 0.717) is 17.0 Å². The Hall–Kier alpha value is -1.47. The topological polar surface area (TPSA) is 66.6 Å². The predicted molar refractivity (Wildman–Crippen MR) is 91.8 cm³/mol. The van der Waals surface area contributed by atoms with E-state index < -0.39 is 12.1 Å². The number of hydroxylamine groups is 2. The molecule has 3 unspecified atom stereocenters. The van der Waals surface area contributed by atoms with Crippen LogP contribution in [0.2, 0.25) is 5.02 Å². The molecular formula is C16H19ClN2O3S. The molecule has 0 aliphatic rings. The molecule has 0 spiro atoms. The number of nitro groups is 1. The lowest BCUT2D eigenvalue weighted by molar-refractivity contribution is -0.533. The van der Waals surface area contributed by atoms with Gasteiger partial charge in [-0.2, -0.15) is 5.06 Å². The van der Waals surface area contributed by atoms with E-state index in [1.165, 1.54) is 6.92 Å². The van der Waals surface area contributed by atoms with Gasteiger partial charge >= 0.3 is 0 Å². The predicted octanol–water partition coefficient (Wildman–Crippen LogP) is 4.43. The Bertz CT molecular complexity index is 633. The van der Waals surface area contributed by atoms with E-state index in [2.05, 4.69) is 0 Å². The highest BCUT2D eigenvalue weighted by Gasteiger charge is 2.35. The Kier molecular flexibility index (Phi) is 6.12. The van der Waals surface area contributed by atoms with Crippen molar-refractivity contribution in [3.8, 4) is 0 Å². The van der Waals surface area contributed by atoms with Crippen LogP contribution in [0.15, 0.2) is 41.8 Å². The largest absolute Gasteiger partial charge is 0.313 e. The SMILES string of the molecule is CC(Cc1cccs1)N(O)C(c1ccc(Cl)cc1)C(C)[N+](=O)[O-]. The molecule has 7 heteroatoms. The first kappa shape index (κ1) is 17.9. The standard InChI is InChI=1S/C16H19ClN2O3S/c1-11(10-15-4-3-9-23-15)18(20)16(12(2)19(21)22)13-5-7-14(17)8-6-13/h3-9,11-12,16,20H,10H2,1-2H3. The molecule has 1 aromatic carbocycles. The fraction of sp³-hybridized carbons (Fsp3) is 0.375. The van der Waals surface area contributed by atoms with Gasteiger partial charge in [0.15, 0.2) is 0 Å². The molecule has 2 rings (SSSR count). The average Bonchev–Trinajstić information content (AvgIpc) is 3.01. The zero-order valence-corrected chi connectivity index (χ0v) is 14.5. The molecular weight excluding hydrogens is 336 g/mol. The second-order valence-corrected chi connectivity index (χ2v) is 7.00. The molecule has 5 nitrogen and oxygen atoms in total. The third-order valence-corrected chi connectivity index (χ3v) is 4.96. The number of hydrogen-bond donors (Lipinski definition) is 1. The first-order chi connectivity index (χ1) is 10.9. The van der Waals surface area contributed by atoms with Crippen LogP contribution in [0, 0.1) is 10.1 Å². The molecule has 0 saturated carbocycles. The smallest absolute Gasteiger partial charge is 0.232 e. The van der Waals surface area contributed by atoms with E-state index in [1.54, 1.807) is 35.6 Å². The van der Waals surface area contributed by atoms with Crippen LogP contribution in [0.1, 0.15) is 30.3 Å². The maximum Gasteiger partial charge on any atom is 0.232 e. The van der Waals surface area contributed by atoms with E-state index in [1.807, 2.05) is 24.4 Å². The molecule has 0 amide bonds. The molecule has 0 fully saturated rings. The highest BCUT2D eigenvalue weighted by molar-refractivity contribution is 7.09. The van der Waals surface area contributed by atoms with Crippen LogP contribution in [-0.2, 0) is 6.42 Å². The summed E-state index contributed by atoms with van der Waals surface area (Å²) in [6.45, 7) is 3.36. The molecule has 0 aliphatic carbocycles. The Morgan fingerprint density at radius 2 is 1.96 bits per heavy atom. The first-order valence-corrected chi connectivity index (χ1v) is 8.54. The van der Waals surface area contributed by atoms with Gasteiger partial charge in [0.25, 0.3) is 0 Å². The maximum atomic E-state index is 11.3. The van der Waals surface area contributed by atoms with Gasteiger partial charge < -0.3 is 5.21 Å². The van der Waals surface area contributed by atoms with E-state index in [9.17, 15) is 15.3 Å². The first-order valence-electron chi connectivity index (χ1n) is 7.28. The lowest BCUT2D eigenvalue weighted by Gasteiger charge is -2.31. The van der Waals surface area contributed by atoms with Crippen LogP contribution in [-0.4, -0.2) is 27.3 Å². The Morgan fingerprint density at radius 3 is 2.48 bits per heavy atom. The summed E-state index contributed by atoms with van der Waals surface area (Å²) in [5.41, 5.74) is 0.666. The fourth-order valence-electron chi connectivity index (χ4n) is 2.52. The van der Waals surface area contributed by atoms with Crippen molar-refractivity contribution in [3.05, 3.63) is 67.4 Å². The maximum absolute atomic E-state index is 11.3. The van der Waals surface area contributed by atoms with E-state index in [4.69, 9.17) is 11.6 Å². The minimum absolute atomic E-state index is 0.253. The second-order valence-electron chi connectivity index (χ2n) is 5.53. The molecule has 0 radical (unpaired) electrons. The van der Waals surface area contributed by atoms with Crippen molar-refractivity contribution in [2.45, 2.75) is 38.4 Å². The molecule has 0 saturated heterocycles. The normalized spacial score (nSPS) is 15.3. The van der Waals surface area contributed by atoms with Crippen molar-refractivity contribution in [1.82, 2.24) is 5.06 Å². The van der Waals surface area contributed by atoms with Gasteiger partial charge in [0.2, 0.25) is 6.04 Å². The summed E-state index contributed by atoms with van der Waals surface area (Å²) < 4.78 is 0. The van der Waals surface area contributed by atoms with Gasteiger partial charge in [0.05, 0.1) is 0 Å². The van der Waals surface area contributed by atoms with Crippen molar-refractivity contribution in [2.24, 2.45) is 0 Å². The Morgan fingerprint density at radius 1 is 1.30 bits per heavy atom. The van der Waals surface area contributed by atoms with Crippen LogP contribution < -0.4 is 0 Å². The molecule has 1 N–H and O–H groups in total. The summed E-state index contributed by atoms with van der Waals surface area (Å²) in [6, 6.07) is 8.78. The minimum atomic E-state index is -0.952. The van der Waals surface area contributed by atoms with Crippen molar-refractivity contribution in [3.63, 3.8) is 0 Å². The second kappa shape index (κ2) is 7.88. The van der Waals surface area contributed by atoms with Crippen molar-refractivity contribution in [2.75, 3.05) is 0 Å². The van der Waals surface area contributed by atoms with Gasteiger partial charge in [-0.1, -0.05) is 29.8 Å². The van der Waals surface area contributed by atoms with Gasteiger partial charge in [-0.05, 0) is 42.5 Å². The summed E-state index contributed by atoms with van der Waals surface area (Å²) in [6.07, 6.45) is 0.628. The minimum Gasteiger partial charge on any atom is -0.313 e. The third-order valence-electron chi connectivity index (χ3n) is 3.81. The van der Waals surface area contributed by atoms with Crippen LogP contribution in [0.4, 0.5) is 0 Å². The molecule has 1 heterocycles. The van der Waals surface area contributed by atoms with Gasteiger partial charge in [-0.3, -0.25) is 10.1 Å². The number of hydrogen-bond acceptors (Lipinski definition) is 5. The zero-order valence-electron chi connectivity index (χ0n) is 12.9. The highest BCUT2D eigenvalue weighted by Crippen LogP contribution is 2.29. The van der Waals surface area contributed by atoms with Crippen LogP contribution in [0.25, 0.3) is 0 Å². The monoisotopic (exact) mass is 354 g/mol. The van der Waals surface area contributed by atoms with Crippen LogP contribution in [0.3, 0.4) is 0 Å². The Balaban J connectivity index is 2.24. The molecule has 0 bridgehead atoms. The number of rotatable bonds is 7. The molecule has 0 aliphatic heterocycles. The van der Waals surface area contributed by atoms with E-state index in [0.717, 1.165) is 9.94 Å². The molecule has 124 valence electrons. The van der Waals surface area contributed by atoms with Gasteiger partial charge in [-0.25, -0.2) is 0 Å². The summed E-state index contributed by atoms with van der Waals surface area (Å²) in [5.74, 6) is 0. The Labute approximate surface area is 144 Å². The van der Waals surface area contributed by atoms with Gasteiger partial charge in [0, 0.05) is 27.8 Å². The third kappa shape index (κ3) is 4.51. The van der Waals surface area contributed by atoms with Crippen LogP contribution >= 0.6 is 22.9 Å². The highest BCUT2D eigenvalue weighted by atomic mass is 35.5. The molecule has 23 heavy (non-hydrogen) atoms. The quantitative estimate of drug-likeness (QED) is 0.590. The number of halogens is 1. The van der Waals surface area contributed by atoms with Crippen molar-refractivity contribution < 1.29 is 10.1 Å². The van der Waals surface area contributed by atoms with Crippen LogP contribution in [0.5, 0.6) is 0 Å². The average molecular weight is 355 g/mol. The summed E-state index contributed by atoms with van der Waals surface area (Å²) >= 11 is 7.49. The zero-order chi connectivity index (χ0) is 17.0. The lowest BCUT2D eigenvalue weighted by Crippen LogP contribution is -2.42. The number of nitrogens with zero attached hydrogens (tertiary/aromatic N) is 2. The van der Waals surface area contributed by atoms with Crippen molar-refractivity contribution in [1.29, 1.82) is 0 Å². The lowest BCUT2D eigenvalue weighted by atomic mass is 9.98. The van der Waals surface area contributed by atoms with E-state index in [-0.39, 0.29) is 11.0 Å². The summed E-state index contributed by atoms with van der Waals surface area (Å²) in [5, 5.41) is 25.5. The van der Waals surface area contributed by atoms with E-state index >= 15 is 0 Å². The summed E-state index contributed by atoms with van der Waals surface area (Å²) in [7, 11) is 0. The van der Waals surface area contributed by atoms with Gasteiger partial charge in [-0.15, -0.1) is 11.3 Å². The fourth-order valence-corrected chi connectivity index (χ4v) is 3.47. The molecule has 2 aromatic rings. The number of thiophene rings is 1. The summed E-state index contributed by atoms with van der Waals surface area (Å²) in [4.78, 5) is 12.0.